The fourth-order valence-electron chi connectivity index (χ4n) is 6.35. The van der Waals surface area contributed by atoms with Gasteiger partial charge in [0.1, 0.15) is 0 Å². The number of imide groups is 1. The van der Waals surface area contributed by atoms with Crippen molar-refractivity contribution >= 4 is 46.5 Å². The second-order valence-corrected chi connectivity index (χ2v) is 10.6. The highest BCUT2D eigenvalue weighted by Crippen LogP contribution is 2.41. The molecule has 0 saturated carbocycles. The van der Waals surface area contributed by atoms with Crippen molar-refractivity contribution in [1.29, 1.82) is 0 Å². The predicted molar refractivity (Wildman–Crippen MR) is 153 cm³/mol. The first-order valence-electron chi connectivity index (χ1n) is 13.5. The van der Waals surface area contributed by atoms with Crippen LogP contribution in [-0.4, -0.2) is 47.1 Å². The molecule has 8 heteroatoms. The topological polar surface area (TPSA) is 84.3 Å². The number of rotatable bonds is 5. The summed E-state index contributed by atoms with van der Waals surface area (Å²) >= 11 is 0. The molecule has 4 aromatic carbocycles. The number of anilines is 2. The second kappa shape index (κ2) is 8.97. The quantitative estimate of drug-likeness (QED) is 0.309. The number of amides is 2. The molecule has 3 heterocycles. The molecule has 194 valence electrons. The van der Waals surface area contributed by atoms with Crippen molar-refractivity contribution in [2.75, 3.05) is 23.0 Å². The van der Waals surface area contributed by atoms with Gasteiger partial charge >= 0.3 is 7.12 Å². The van der Waals surface area contributed by atoms with E-state index in [4.69, 9.17) is 0 Å². The van der Waals surface area contributed by atoms with Crippen LogP contribution >= 0.6 is 0 Å². The van der Waals surface area contributed by atoms with Gasteiger partial charge < -0.3 is 19.8 Å². The minimum Gasteiger partial charge on any atom is -0.423 e. The summed E-state index contributed by atoms with van der Waals surface area (Å²) in [5, 5.41) is 20.9. The molecule has 0 atom stereocenters. The molecule has 39 heavy (non-hydrogen) atoms. The van der Waals surface area contributed by atoms with E-state index in [2.05, 4.69) is 34.9 Å². The number of hydrogen-bond donors (Lipinski definition) is 2. The number of benzene rings is 4. The lowest BCUT2D eigenvalue weighted by Gasteiger charge is -2.45. The molecular formula is C31H28BN3O4. The van der Waals surface area contributed by atoms with Crippen molar-refractivity contribution in [3.63, 3.8) is 0 Å². The van der Waals surface area contributed by atoms with Crippen molar-refractivity contribution in [2.24, 2.45) is 0 Å². The normalized spacial score (nSPS) is 15.5. The number of carbonyl (C=O) groups excluding carboxylic acids is 2. The van der Waals surface area contributed by atoms with E-state index in [1.165, 1.54) is 10.5 Å². The molecule has 0 aliphatic carbocycles. The van der Waals surface area contributed by atoms with Crippen molar-refractivity contribution in [1.82, 2.24) is 4.90 Å². The van der Waals surface area contributed by atoms with Gasteiger partial charge in [-0.25, -0.2) is 0 Å². The molecule has 0 spiro atoms. The first kappa shape index (κ1) is 23.9. The van der Waals surface area contributed by atoms with Gasteiger partial charge in [0, 0.05) is 47.5 Å². The van der Waals surface area contributed by atoms with Crippen LogP contribution in [0, 0.1) is 0 Å². The predicted octanol–water partition coefficient (Wildman–Crippen LogP) is 3.88. The molecule has 7 rings (SSSR count). The summed E-state index contributed by atoms with van der Waals surface area (Å²) in [6.07, 6.45) is 1.71. The Morgan fingerprint density at radius 3 is 2.18 bits per heavy atom. The molecule has 4 aromatic rings. The van der Waals surface area contributed by atoms with Gasteiger partial charge in [-0.2, -0.15) is 0 Å². The fraction of sp³-hybridized carbons (Fsp3) is 0.226. The van der Waals surface area contributed by atoms with Gasteiger partial charge in [0.15, 0.2) is 0 Å². The summed E-state index contributed by atoms with van der Waals surface area (Å²) in [6.45, 7) is 4.70. The van der Waals surface area contributed by atoms with Gasteiger partial charge in [-0.1, -0.05) is 49.7 Å². The van der Waals surface area contributed by atoms with E-state index in [0.29, 0.717) is 29.7 Å². The van der Waals surface area contributed by atoms with Crippen molar-refractivity contribution in [3.8, 4) is 11.1 Å². The summed E-state index contributed by atoms with van der Waals surface area (Å²) in [5.41, 5.74) is 8.29. The van der Waals surface area contributed by atoms with E-state index in [1.54, 1.807) is 6.07 Å². The van der Waals surface area contributed by atoms with Crippen molar-refractivity contribution in [2.45, 2.75) is 32.9 Å². The van der Waals surface area contributed by atoms with Crippen LogP contribution in [0.5, 0.6) is 0 Å². The smallest absolute Gasteiger partial charge is 0.423 e. The SMILES string of the molecule is CCCCN1C(=O)c2cccc3c(-c4ccc5c(c4)CN4CN5Cc5cc(B(O)O)ccc54)ccc(c23)C1=O. The maximum absolute atomic E-state index is 13.3. The van der Waals surface area contributed by atoms with Crippen LogP contribution in [-0.2, 0) is 13.1 Å². The summed E-state index contributed by atoms with van der Waals surface area (Å²) in [7, 11) is -1.48. The Hall–Kier alpha value is -4.14. The van der Waals surface area contributed by atoms with Gasteiger partial charge in [-0.15, -0.1) is 0 Å². The molecule has 0 radical (unpaired) electrons. The number of unbranched alkanes of at least 4 members (excludes halogenated alkanes) is 1. The Balaban J connectivity index is 1.28. The average Bonchev–Trinajstić information content (AvgIpc) is 2.95. The first-order chi connectivity index (χ1) is 18.9. The Bertz CT molecular complexity index is 1660. The lowest BCUT2D eigenvalue weighted by Crippen LogP contribution is -2.46. The van der Waals surface area contributed by atoms with Crippen LogP contribution in [0.25, 0.3) is 21.9 Å². The largest absolute Gasteiger partial charge is 0.488 e. The lowest BCUT2D eigenvalue weighted by molar-refractivity contribution is 0.0608. The summed E-state index contributed by atoms with van der Waals surface area (Å²) in [4.78, 5) is 32.6. The van der Waals surface area contributed by atoms with Crippen molar-refractivity contribution in [3.05, 3.63) is 89.0 Å². The molecule has 0 unspecified atom stereocenters. The molecule has 2 amide bonds. The van der Waals surface area contributed by atoms with Crippen LogP contribution in [0.1, 0.15) is 51.6 Å². The number of hydrogen-bond acceptors (Lipinski definition) is 6. The second-order valence-electron chi connectivity index (χ2n) is 10.6. The van der Waals surface area contributed by atoms with Gasteiger partial charge in [0.05, 0.1) is 6.67 Å². The van der Waals surface area contributed by atoms with E-state index < -0.39 is 7.12 Å². The van der Waals surface area contributed by atoms with Gasteiger partial charge in [0.25, 0.3) is 11.8 Å². The Kier molecular flexibility index (Phi) is 5.51. The summed E-state index contributed by atoms with van der Waals surface area (Å²) in [6, 6.07) is 21.7. The zero-order valence-corrected chi connectivity index (χ0v) is 21.7. The number of fused-ring (bicyclic) bond motifs is 6. The highest BCUT2D eigenvalue weighted by Gasteiger charge is 2.34. The van der Waals surface area contributed by atoms with E-state index >= 15 is 0 Å². The van der Waals surface area contributed by atoms with Crippen LogP contribution in [0.4, 0.5) is 11.4 Å². The van der Waals surface area contributed by atoms with Crippen LogP contribution < -0.4 is 15.3 Å². The highest BCUT2D eigenvalue weighted by atomic mass is 16.4. The molecule has 7 nitrogen and oxygen atoms in total. The van der Waals surface area contributed by atoms with Gasteiger partial charge in [-0.05, 0) is 69.9 Å². The standard InChI is InChI=1S/C31H28BN3O4/c1-2-3-13-35-30(36)25-6-4-5-24-23(9-10-26(29(24)25)31(35)37)19-7-11-27-20(14-19)16-33-18-34(27)17-21-15-22(32(38)39)8-12-28(21)33/h4-12,14-15,38-39H,2-3,13,16-18H2,1H3. The van der Waals surface area contributed by atoms with E-state index in [9.17, 15) is 19.6 Å². The minimum atomic E-state index is -1.48. The Morgan fingerprint density at radius 1 is 0.795 bits per heavy atom. The Morgan fingerprint density at radius 2 is 1.46 bits per heavy atom. The maximum atomic E-state index is 13.3. The van der Waals surface area contributed by atoms with Crippen LogP contribution in [0.2, 0.25) is 0 Å². The summed E-state index contributed by atoms with van der Waals surface area (Å²) in [5.74, 6) is -0.420. The van der Waals surface area contributed by atoms with E-state index in [0.717, 1.165) is 64.9 Å². The van der Waals surface area contributed by atoms with Gasteiger partial charge in [-0.3, -0.25) is 14.5 Å². The lowest BCUT2D eigenvalue weighted by atomic mass is 9.79. The summed E-state index contributed by atoms with van der Waals surface area (Å²) < 4.78 is 0. The molecule has 2 N–H and O–H groups in total. The molecule has 0 fully saturated rings. The molecule has 3 aliphatic heterocycles. The molecular weight excluding hydrogens is 489 g/mol. The monoisotopic (exact) mass is 517 g/mol. The average molecular weight is 517 g/mol. The van der Waals surface area contributed by atoms with E-state index in [-0.39, 0.29) is 11.8 Å². The zero-order chi connectivity index (χ0) is 26.8. The fourth-order valence-corrected chi connectivity index (χ4v) is 6.35. The molecule has 0 saturated heterocycles. The van der Waals surface area contributed by atoms with Gasteiger partial charge in [0.2, 0.25) is 0 Å². The molecule has 3 aliphatic rings. The van der Waals surface area contributed by atoms with Crippen LogP contribution in [0.15, 0.2) is 66.7 Å². The van der Waals surface area contributed by atoms with Crippen molar-refractivity contribution < 1.29 is 19.6 Å². The maximum Gasteiger partial charge on any atom is 0.488 e. The molecule has 2 bridgehead atoms. The third-order valence-corrected chi connectivity index (χ3v) is 8.26. The third kappa shape index (κ3) is 3.66. The number of nitrogens with zero attached hydrogens (tertiary/aromatic N) is 3. The number of carbonyl (C=O) groups is 2. The third-order valence-electron chi connectivity index (χ3n) is 8.26. The first-order valence-corrected chi connectivity index (χ1v) is 13.5. The molecule has 0 aromatic heterocycles. The highest BCUT2D eigenvalue weighted by molar-refractivity contribution is 6.58. The van der Waals surface area contributed by atoms with Crippen LogP contribution in [0.3, 0.4) is 0 Å². The van der Waals surface area contributed by atoms with E-state index in [1.807, 2.05) is 42.5 Å². The Labute approximate surface area is 227 Å². The zero-order valence-electron chi connectivity index (χ0n) is 21.7. The minimum absolute atomic E-state index is 0.210.